The second-order valence-electron chi connectivity index (χ2n) is 35.0. The first kappa shape index (κ1) is 106. The number of ether oxygens (including phenoxy) is 5. The zero-order chi connectivity index (χ0) is 83.9. The molecule has 0 atom stereocenters. The van der Waals surface area contributed by atoms with Gasteiger partial charge in [-0.3, -0.25) is 23.5 Å². The summed E-state index contributed by atoms with van der Waals surface area (Å²) in [6.07, 6.45) is 41.3. The zero-order valence-corrected chi connectivity index (χ0v) is 78.8. The summed E-state index contributed by atoms with van der Waals surface area (Å²) in [6, 6.07) is 83.6. The van der Waals surface area contributed by atoms with Crippen LogP contribution in [-0.4, -0.2) is 0 Å². The SMILES string of the molecule is CCC[C@H]1CC[C@H](c2ccc(COc3ccc([S])cc3)cc2)CC1.CCC[C@H]1CC[C@H](c2ccc(COc3ccc([S])cc3)cc2)CC1.CCC[C@H]1CC[C@H](c2ccc(COc3ccc([S])cc3)cc2)CC1.CCC[C@H]1CC[C@H](c2ccc(COc3ccc([S])cc3)cc2)CC1.CCC[C@H]1CC[C@H](c2ccc(COc3ccc([S])cc3)cc2)CC1.F.F.F.F.F. The van der Waals surface area contributed by atoms with Crippen molar-refractivity contribution in [3.8, 4) is 28.7 Å². The van der Waals surface area contributed by atoms with Crippen molar-refractivity contribution in [3.63, 3.8) is 0 Å². The predicted molar refractivity (Wildman–Crippen MR) is 526 cm³/mol. The third-order valence-electron chi connectivity index (χ3n) is 26.1. The van der Waals surface area contributed by atoms with Crippen molar-refractivity contribution in [3.05, 3.63) is 298 Å². The van der Waals surface area contributed by atoms with Gasteiger partial charge in [0, 0.05) is 24.5 Å². The lowest BCUT2D eigenvalue weighted by Crippen LogP contribution is -2.13. The van der Waals surface area contributed by atoms with E-state index in [1.54, 1.807) is 0 Å². The molecule has 0 unspecified atom stereocenters. The van der Waals surface area contributed by atoms with Crippen LogP contribution in [0.25, 0.3) is 0 Å². The van der Waals surface area contributed by atoms with Crippen LogP contribution in [0.4, 0.5) is 23.5 Å². The van der Waals surface area contributed by atoms with Crippen LogP contribution in [0.5, 0.6) is 28.7 Å². The quantitative estimate of drug-likeness (QED) is 0.0420. The Kier molecular flexibility index (Phi) is 49.4. The van der Waals surface area contributed by atoms with Gasteiger partial charge in [0.2, 0.25) is 0 Å². The van der Waals surface area contributed by atoms with Gasteiger partial charge in [0.1, 0.15) is 61.8 Å². The van der Waals surface area contributed by atoms with Gasteiger partial charge in [-0.15, -0.1) is 0 Å². The lowest BCUT2D eigenvalue weighted by Gasteiger charge is -2.28. The summed E-state index contributed by atoms with van der Waals surface area (Å²) in [5.41, 5.74) is 13.6. The molecule has 5 aliphatic rings. The van der Waals surface area contributed by atoms with Crippen LogP contribution in [0.3, 0.4) is 0 Å². The second kappa shape index (κ2) is 58.4. The fraction of sp³-hybridized carbons (Fsp3) is 0.455. The maximum atomic E-state index is 5.83. The molecule has 5 fully saturated rings. The highest BCUT2D eigenvalue weighted by atomic mass is 32.1. The average molecular weight is 1800 g/mol. The van der Waals surface area contributed by atoms with Gasteiger partial charge in [0.05, 0.1) is 0 Å². The summed E-state index contributed by atoms with van der Waals surface area (Å²) in [6.45, 7) is 14.6. The van der Waals surface area contributed by atoms with Crippen LogP contribution >= 0.6 is 63.1 Å². The molecule has 0 bridgehead atoms. The van der Waals surface area contributed by atoms with Crippen LogP contribution in [0.1, 0.15) is 312 Å². The highest BCUT2D eigenvalue weighted by molar-refractivity contribution is 7.81. The molecule has 15 heteroatoms. The van der Waals surface area contributed by atoms with Gasteiger partial charge >= 0.3 is 0 Å². The molecule has 125 heavy (non-hydrogen) atoms. The number of rotatable bonds is 30. The molecule has 0 amide bonds. The Hall–Kier alpha value is -8.05. The van der Waals surface area contributed by atoms with E-state index in [9.17, 15) is 0 Å². The molecule has 0 aromatic heterocycles. The zero-order valence-electron chi connectivity index (χ0n) is 74.7. The van der Waals surface area contributed by atoms with Gasteiger partial charge in [-0.1, -0.05) is 283 Å². The molecule has 0 aliphatic heterocycles. The Labute approximate surface area is 775 Å². The molecule has 0 spiro atoms. The lowest BCUT2D eigenvalue weighted by molar-refractivity contribution is 0.304. The molecule has 0 heterocycles. The van der Waals surface area contributed by atoms with Crippen LogP contribution < -0.4 is 23.7 Å². The molecule has 5 saturated carbocycles. The fourth-order valence-electron chi connectivity index (χ4n) is 18.9. The van der Waals surface area contributed by atoms with E-state index in [1.807, 2.05) is 121 Å². The van der Waals surface area contributed by atoms with Gasteiger partial charge in [0.25, 0.3) is 0 Å². The number of benzene rings is 10. The summed E-state index contributed by atoms with van der Waals surface area (Å²) in [5.74, 6) is 13.0. The summed E-state index contributed by atoms with van der Waals surface area (Å²) in [5, 5.41) is 0. The van der Waals surface area contributed by atoms with E-state index < -0.39 is 0 Å². The third kappa shape index (κ3) is 36.9. The Bertz CT molecular complexity index is 3740. The molecule has 15 rings (SSSR count). The van der Waals surface area contributed by atoms with Gasteiger partial charge in [-0.25, -0.2) is 0 Å². The van der Waals surface area contributed by atoms with E-state index in [1.165, 1.54) is 248 Å². The highest BCUT2D eigenvalue weighted by Crippen LogP contribution is 2.43. The molecule has 5 radical (unpaired) electrons. The van der Waals surface area contributed by atoms with Crippen molar-refractivity contribution < 1.29 is 47.2 Å². The first-order valence-corrected chi connectivity index (χ1v) is 48.2. The number of hydrogen-bond acceptors (Lipinski definition) is 5. The van der Waals surface area contributed by atoms with E-state index in [2.05, 4.69) is 156 Å². The first-order chi connectivity index (χ1) is 58.7. The summed E-state index contributed by atoms with van der Waals surface area (Å²) < 4.78 is 29.1. The molecular weight excluding hydrogens is 1660 g/mol. The summed E-state index contributed by atoms with van der Waals surface area (Å²) in [4.78, 5) is 4.24. The van der Waals surface area contributed by atoms with Crippen LogP contribution in [0, 0.1) is 29.6 Å². The van der Waals surface area contributed by atoms with Crippen molar-refractivity contribution >= 4 is 63.1 Å². The highest BCUT2D eigenvalue weighted by Gasteiger charge is 2.27. The Morgan fingerprint density at radius 3 is 0.432 bits per heavy atom. The fourth-order valence-corrected chi connectivity index (χ4v) is 19.6. The van der Waals surface area contributed by atoms with E-state index in [0.29, 0.717) is 33.0 Å². The number of hydrogen-bond donors (Lipinski definition) is 0. The predicted octanol–water partition coefficient (Wildman–Crippen LogP) is 35.2. The molecule has 10 aromatic rings. The minimum atomic E-state index is 0. The molecule has 0 N–H and O–H groups in total. The molecular formula is C110H140F5O5S5. The minimum Gasteiger partial charge on any atom is -0.489 e. The number of halogens is 5. The van der Waals surface area contributed by atoms with Gasteiger partial charge in [-0.05, 0) is 365 Å². The second-order valence-corrected chi connectivity index (χ2v) is 37.4. The standard InChI is InChI=1S/5C22H27OS.5FH/c5*1-2-3-17-4-8-19(9-5-17)20-10-6-18(7-11-20)16-23-21-12-14-22(24)15-13-21;;;;;/h5*6-7,10-15,17,19H,2-5,8-9,16H2,1H3;5*1H/t5*17-,19-;;;;;. The Balaban J connectivity index is 0.000000239. The molecule has 5 aliphatic carbocycles. The molecule has 10 aromatic carbocycles. The maximum absolute atomic E-state index is 5.83. The monoisotopic (exact) mass is 1800 g/mol. The van der Waals surface area contributed by atoms with E-state index in [4.69, 9.17) is 86.8 Å². The smallest absolute Gasteiger partial charge is 0.119 e. The maximum Gasteiger partial charge on any atom is 0.119 e. The Morgan fingerprint density at radius 1 is 0.184 bits per heavy atom. The van der Waals surface area contributed by atoms with Gasteiger partial charge in [-0.2, -0.15) is 0 Å². The van der Waals surface area contributed by atoms with E-state index >= 15 is 0 Å². The molecule has 5 nitrogen and oxygen atoms in total. The normalized spacial score (nSPS) is 19.9. The topological polar surface area (TPSA) is 46.2 Å². The van der Waals surface area contributed by atoms with E-state index in [-0.39, 0.29) is 23.5 Å². The summed E-state index contributed by atoms with van der Waals surface area (Å²) in [7, 11) is 0. The minimum absolute atomic E-state index is 0. The Morgan fingerprint density at radius 2 is 0.312 bits per heavy atom. The van der Waals surface area contributed by atoms with Crippen molar-refractivity contribution in [2.75, 3.05) is 0 Å². The van der Waals surface area contributed by atoms with Crippen LogP contribution in [-0.2, 0) is 33.0 Å². The van der Waals surface area contributed by atoms with Crippen LogP contribution in [0.15, 0.2) is 267 Å². The molecule has 675 valence electrons. The molecule has 0 saturated heterocycles. The third-order valence-corrected chi connectivity index (χ3v) is 27.5. The van der Waals surface area contributed by atoms with Gasteiger partial charge < -0.3 is 23.7 Å². The largest absolute Gasteiger partial charge is 0.489 e. The first-order valence-electron chi connectivity index (χ1n) is 46.2. The van der Waals surface area contributed by atoms with Gasteiger partial charge in [0.15, 0.2) is 0 Å². The van der Waals surface area contributed by atoms with Crippen LogP contribution in [0.2, 0.25) is 0 Å². The van der Waals surface area contributed by atoms with E-state index in [0.717, 1.165) is 112 Å². The lowest BCUT2D eigenvalue weighted by atomic mass is 9.77. The summed E-state index contributed by atoms with van der Waals surface area (Å²) >= 11 is 25.5. The van der Waals surface area contributed by atoms with Crippen molar-refractivity contribution in [1.29, 1.82) is 0 Å². The van der Waals surface area contributed by atoms with Crippen molar-refractivity contribution in [1.82, 2.24) is 0 Å². The average Bonchev–Trinajstić information content (AvgIpc) is 0.865. The van der Waals surface area contributed by atoms with Crippen molar-refractivity contribution in [2.45, 2.75) is 314 Å². The van der Waals surface area contributed by atoms with Crippen molar-refractivity contribution in [2.24, 2.45) is 29.6 Å².